The summed E-state index contributed by atoms with van der Waals surface area (Å²) in [6.07, 6.45) is 5.17. The van der Waals surface area contributed by atoms with Gasteiger partial charge in [0, 0.05) is 18.3 Å². The van der Waals surface area contributed by atoms with Crippen molar-refractivity contribution in [2.75, 3.05) is 0 Å². The Bertz CT molecular complexity index is 1410. The Morgan fingerprint density at radius 1 is 1.32 bits per heavy atom. The summed E-state index contributed by atoms with van der Waals surface area (Å²) in [5.41, 5.74) is -2.50. The number of terminal acetylenes is 1. The number of aromatic amines is 1. The highest BCUT2D eigenvalue weighted by Gasteiger charge is 2.42. The van der Waals surface area contributed by atoms with Crippen molar-refractivity contribution in [1.82, 2.24) is 9.55 Å². The van der Waals surface area contributed by atoms with E-state index in [2.05, 4.69) is 10.9 Å². The predicted octanol–water partition coefficient (Wildman–Crippen LogP) is 5.15. The van der Waals surface area contributed by atoms with Gasteiger partial charge >= 0.3 is 15.8 Å². The summed E-state index contributed by atoms with van der Waals surface area (Å²) in [6.45, 7) is 12.6. The van der Waals surface area contributed by atoms with Gasteiger partial charge in [0.2, 0.25) is 0 Å². The van der Waals surface area contributed by atoms with Crippen LogP contribution < -0.4 is 10.1 Å². The second kappa shape index (κ2) is 12.0. The second-order valence-corrected chi connectivity index (χ2v) is 13.1. The lowest BCUT2D eigenvalue weighted by atomic mass is 9.78. The lowest BCUT2D eigenvalue weighted by Crippen LogP contribution is -2.48. The topological polar surface area (TPSA) is 94.9 Å². The number of aromatic nitrogens is 2. The van der Waals surface area contributed by atoms with Crippen molar-refractivity contribution in [3.05, 3.63) is 55.5 Å². The van der Waals surface area contributed by atoms with E-state index in [0.29, 0.717) is 5.56 Å². The van der Waals surface area contributed by atoms with E-state index >= 15 is 4.39 Å². The normalized spacial score (nSPS) is 17.8. The minimum absolute atomic E-state index is 0.0297. The fourth-order valence-electron chi connectivity index (χ4n) is 4.11. The van der Waals surface area contributed by atoms with Crippen LogP contribution in [0.1, 0.15) is 70.2 Å². The summed E-state index contributed by atoms with van der Waals surface area (Å²) in [7, 11) is 1.90. The Morgan fingerprint density at radius 2 is 1.95 bits per heavy atom. The zero-order valence-corrected chi connectivity index (χ0v) is 25.3. The van der Waals surface area contributed by atoms with Crippen molar-refractivity contribution in [1.29, 1.82) is 0 Å². The van der Waals surface area contributed by atoms with Gasteiger partial charge in [-0.05, 0) is 47.9 Å². The summed E-state index contributed by atoms with van der Waals surface area (Å²) in [5, 5.41) is 11.1. The lowest BCUT2D eigenvalue weighted by molar-refractivity contribution is -0.144. The van der Waals surface area contributed by atoms with Crippen LogP contribution in [-0.4, -0.2) is 41.5 Å². The number of fused-ring (bicyclic) bond motifs is 1. The molecule has 2 unspecified atom stereocenters. The predicted molar refractivity (Wildman–Crippen MR) is 154 cm³/mol. The fourth-order valence-corrected chi connectivity index (χ4v) is 5.44. The molecule has 0 saturated heterocycles. The van der Waals surface area contributed by atoms with E-state index in [9.17, 15) is 14.2 Å². The molecule has 0 fully saturated rings. The van der Waals surface area contributed by atoms with Gasteiger partial charge in [0.05, 0.1) is 18.3 Å². The quantitative estimate of drug-likeness (QED) is 0.144. The number of halogens is 2. The highest BCUT2D eigenvalue weighted by atomic mass is 32.1. The third-order valence-electron chi connectivity index (χ3n) is 6.24. The molecule has 0 amide bonds. The van der Waals surface area contributed by atoms with Crippen LogP contribution in [0, 0.1) is 22.9 Å². The highest BCUT2D eigenvalue weighted by molar-refractivity contribution is 7.71. The molecule has 1 aliphatic rings. The molecule has 0 bridgehead atoms. The number of hydrogen-bond acceptors (Lipinski definition) is 7. The van der Waals surface area contributed by atoms with Gasteiger partial charge in [0.1, 0.15) is 22.8 Å². The van der Waals surface area contributed by atoms with E-state index < -0.39 is 49.8 Å². The van der Waals surface area contributed by atoms with Gasteiger partial charge in [-0.3, -0.25) is 23.1 Å². The number of H-pyrrole nitrogens is 1. The number of nitrogens with one attached hydrogen (secondary N) is 1. The number of rotatable bonds is 8. The molecule has 3 atom stereocenters. The molecule has 2 heterocycles. The third kappa shape index (κ3) is 7.41. The largest absolute Gasteiger partial charge is 0.496 e. The van der Waals surface area contributed by atoms with Gasteiger partial charge in [0.25, 0.3) is 5.56 Å². The van der Waals surface area contributed by atoms with Gasteiger partial charge in [-0.25, -0.2) is 4.39 Å². The van der Waals surface area contributed by atoms with E-state index in [4.69, 9.17) is 44.7 Å². The smallest absolute Gasteiger partial charge is 0.426 e. The summed E-state index contributed by atoms with van der Waals surface area (Å²) >= 11 is 5.16. The molecule has 1 aliphatic heterocycles. The van der Waals surface area contributed by atoms with Crippen molar-refractivity contribution in [3.8, 4) is 18.1 Å². The molecule has 2 radical (unpaired) electrons. The first-order valence-corrected chi connectivity index (χ1v) is 14.1. The van der Waals surface area contributed by atoms with E-state index in [1.165, 1.54) is 10.8 Å². The van der Waals surface area contributed by atoms with Gasteiger partial charge in [0.15, 0.2) is 12.6 Å². The van der Waals surface area contributed by atoms with Crippen LogP contribution in [0.4, 0.5) is 8.71 Å². The van der Waals surface area contributed by atoms with Crippen LogP contribution in [0.25, 0.3) is 0 Å². The van der Waals surface area contributed by atoms with Gasteiger partial charge in [-0.1, -0.05) is 47.5 Å². The van der Waals surface area contributed by atoms with Crippen molar-refractivity contribution >= 4 is 35.9 Å². The molecule has 3 rings (SSSR count). The van der Waals surface area contributed by atoms with Crippen LogP contribution in [0.2, 0.25) is 6.82 Å². The van der Waals surface area contributed by atoms with Gasteiger partial charge in [-0.15, -0.1) is 6.42 Å². The third-order valence-corrected chi connectivity index (χ3v) is 7.69. The first kappa shape index (κ1) is 32.5. The molecule has 0 aliphatic carbocycles. The Balaban J connectivity index is 1.88. The molecular formula is C26H33B2F2N2O6PS. The molecular weight excluding hydrogens is 559 g/mol. The van der Waals surface area contributed by atoms with E-state index in [1.54, 1.807) is 6.07 Å². The number of aliphatic hydroxyl groups is 1. The van der Waals surface area contributed by atoms with Crippen LogP contribution in [0.15, 0.2) is 17.1 Å². The minimum Gasteiger partial charge on any atom is -0.426 e. The average Bonchev–Trinajstić information content (AvgIpc) is 2.80. The highest BCUT2D eigenvalue weighted by Crippen LogP contribution is 2.54. The molecule has 2 N–H and O–H groups in total. The number of nitrogens with zero attached hydrogens (tertiary/aromatic N) is 1. The standard InChI is InChI=1S/C26H33B2F2N2O6PS/c1-9-15-13-32(23(40)31-22(15)33)11-10-19(36-28(8)30)26(27,34)38-39-35-14-16-20(29)17(24(2,3)4)12-18(21(16)37-39)25(5,6)7/h1,12-13,19,34H,10-11,14H2,2-8H3,(H,31,33,40)/t19?,26-,39?/m0/s1. The number of hydrogen-bond donors (Lipinski definition) is 2. The number of benzene rings is 1. The van der Waals surface area contributed by atoms with Crippen molar-refractivity contribution < 1.29 is 32.0 Å². The van der Waals surface area contributed by atoms with Gasteiger partial charge < -0.3 is 18.9 Å². The molecule has 214 valence electrons. The monoisotopic (exact) mass is 592 g/mol. The summed E-state index contributed by atoms with van der Waals surface area (Å²) < 4.78 is 53.4. The average molecular weight is 592 g/mol. The van der Waals surface area contributed by atoms with Crippen molar-refractivity contribution in [3.63, 3.8) is 0 Å². The molecule has 40 heavy (non-hydrogen) atoms. The van der Waals surface area contributed by atoms with E-state index in [0.717, 1.165) is 12.4 Å². The maximum absolute atomic E-state index is 15.6. The Kier molecular flexibility index (Phi) is 9.77. The molecule has 1 aromatic carbocycles. The minimum atomic E-state index is -2.59. The molecule has 8 nitrogen and oxygen atoms in total. The SMILES string of the molecule is [B][C@@](O)(OP1OCc2c(F)c(C(C)(C)C)cc(C(C)(C)C)c2O1)C(CCn1cc(C#C)c(=O)[nH]c1=S)OB(C)F. The van der Waals surface area contributed by atoms with Gasteiger partial charge in [-0.2, -0.15) is 0 Å². The summed E-state index contributed by atoms with van der Waals surface area (Å²) in [4.78, 5) is 14.3. The molecule has 0 saturated carbocycles. The zero-order valence-electron chi connectivity index (χ0n) is 23.6. The van der Waals surface area contributed by atoms with E-state index in [-0.39, 0.29) is 41.2 Å². The second-order valence-electron chi connectivity index (χ2n) is 11.6. The van der Waals surface area contributed by atoms with Crippen molar-refractivity contribution in [2.24, 2.45) is 0 Å². The summed E-state index contributed by atoms with van der Waals surface area (Å²) in [6, 6.07) is 1.77. The first-order chi connectivity index (χ1) is 18.3. The Morgan fingerprint density at radius 3 is 2.50 bits per heavy atom. The van der Waals surface area contributed by atoms with Crippen LogP contribution in [-0.2, 0) is 37.7 Å². The first-order valence-electron chi connectivity index (χ1n) is 12.6. The van der Waals surface area contributed by atoms with Crippen LogP contribution in [0.5, 0.6) is 5.75 Å². The van der Waals surface area contributed by atoms with Crippen molar-refractivity contribution in [2.45, 2.75) is 90.6 Å². The molecule has 1 aromatic heterocycles. The van der Waals surface area contributed by atoms with Crippen LogP contribution in [0.3, 0.4) is 0 Å². The maximum Gasteiger partial charge on any atom is 0.496 e. The Hall–Kier alpha value is -2.06. The van der Waals surface area contributed by atoms with E-state index in [1.807, 2.05) is 41.5 Å². The van der Waals surface area contributed by atoms with Crippen LogP contribution >= 0.6 is 20.8 Å². The molecule has 0 spiro atoms. The fraction of sp³-hybridized carbons (Fsp3) is 0.538. The zero-order chi connectivity index (χ0) is 30.2. The maximum atomic E-state index is 15.6. The Labute approximate surface area is 241 Å². The molecule has 14 heteroatoms. The summed E-state index contributed by atoms with van der Waals surface area (Å²) in [5.74, 6) is 2.06. The molecule has 2 aromatic rings. The lowest BCUT2D eigenvalue weighted by Gasteiger charge is -2.38. The number of aryl methyl sites for hydroxylation is 1.